The van der Waals surface area contributed by atoms with E-state index in [0.717, 1.165) is 85.7 Å². The van der Waals surface area contributed by atoms with Crippen LogP contribution in [0.5, 0.6) is 11.5 Å². The first-order chi connectivity index (χ1) is 39.3. The second-order valence-corrected chi connectivity index (χ2v) is 23.9. The average Bonchev–Trinajstić information content (AvgIpc) is 4.08. The van der Waals surface area contributed by atoms with Gasteiger partial charge in [-0.15, -0.1) is 11.3 Å². The van der Waals surface area contributed by atoms with Crippen molar-refractivity contribution in [2.24, 2.45) is 17.8 Å². The molecule has 426 valence electrons. The summed E-state index contributed by atoms with van der Waals surface area (Å²) in [5, 5.41) is 12.5. The number of piperazine rings is 1. The van der Waals surface area contributed by atoms with Crippen molar-refractivity contribution in [3.05, 3.63) is 101 Å². The lowest BCUT2D eigenvalue weighted by Gasteiger charge is -2.42. The summed E-state index contributed by atoms with van der Waals surface area (Å²) in [4.78, 5) is 105. The molecule has 20 heteroatoms. The van der Waals surface area contributed by atoms with E-state index in [-0.39, 0.29) is 105 Å². The highest BCUT2D eigenvalue weighted by Crippen LogP contribution is 2.42. The predicted octanol–water partition coefficient (Wildman–Crippen LogP) is 7.11. The monoisotopic (exact) mass is 1140 g/mol. The Morgan fingerprint density at radius 3 is 2.22 bits per heavy atom. The SMILES string of the molecule is CNC(=O)C1(Oc2ccccc2-c2nc3cccc(Cl)c3s2)CCN(C(=O)[C@H]2CC(=O)Nc3cc(OCCNC(=O)C4CCC(C(=O)N5CCN(CC6CCN(c7ccc(C8CCC(=O)NC8=O)cc7)CC6)CC5)CC4)ccc32)CC1. The van der Waals surface area contributed by atoms with E-state index in [2.05, 4.69) is 43.2 Å². The topological polar surface area (TPSA) is 212 Å². The number of thiazole rings is 1. The van der Waals surface area contributed by atoms with Gasteiger partial charge in [-0.25, -0.2) is 4.98 Å². The maximum Gasteiger partial charge on any atom is 0.264 e. The molecule has 18 nitrogen and oxygen atoms in total. The second-order valence-electron chi connectivity index (χ2n) is 22.5. The van der Waals surface area contributed by atoms with Crippen LogP contribution in [0.15, 0.2) is 84.9 Å². The molecular formula is C61H70ClN9O9S. The van der Waals surface area contributed by atoms with Gasteiger partial charge >= 0.3 is 0 Å². The molecule has 4 saturated heterocycles. The predicted molar refractivity (Wildman–Crippen MR) is 309 cm³/mol. The van der Waals surface area contributed by atoms with Gasteiger partial charge in [-0.2, -0.15) is 0 Å². The Balaban J connectivity index is 0.591. The zero-order chi connectivity index (χ0) is 56.2. The zero-order valence-electron chi connectivity index (χ0n) is 45.7. The van der Waals surface area contributed by atoms with Gasteiger partial charge < -0.3 is 40.1 Å². The Morgan fingerprint density at radius 2 is 1.49 bits per heavy atom. The largest absolute Gasteiger partial charge is 0.492 e. The van der Waals surface area contributed by atoms with Gasteiger partial charge in [-0.05, 0) is 104 Å². The number of aromatic nitrogens is 1. The summed E-state index contributed by atoms with van der Waals surface area (Å²) in [7, 11) is 1.57. The number of hydrogen-bond donors (Lipinski definition) is 4. The molecule has 0 bridgehead atoms. The van der Waals surface area contributed by atoms with Crippen LogP contribution in [-0.2, 0) is 33.6 Å². The number of likely N-dealkylation sites (N-methyl/N-ethyl adjacent to an activating group) is 1. The van der Waals surface area contributed by atoms with E-state index < -0.39 is 11.5 Å². The molecule has 4 aromatic carbocycles. The number of ether oxygens (including phenoxy) is 2. The van der Waals surface area contributed by atoms with Crippen LogP contribution in [0.25, 0.3) is 20.8 Å². The Morgan fingerprint density at radius 1 is 0.765 bits per heavy atom. The third kappa shape index (κ3) is 12.4. The van der Waals surface area contributed by atoms with Crippen LogP contribution >= 0.6 is 22.9 Å². The van der Waals surface area contributed by atoms with E-state index in [4.69, 9.17) is 26.1 Å². The van der Waals surface area contributed by atoms with Crippen LogP contribution < -0.4 is 35.6 Å². The van der Waals surface area contributed by atoms with E-state index in [1.165, 1.54) is 11.3 Å². The van der Waals surface area contributed by atoms with E-state index in [9.17, 15) is 33.6 Å². The van der Waals surface area contributed by atoms with E-state index >= 15 is 0 Å². The number of fused-ring (bicyclic) bond motifs is 2. The second kappa shape index (κ2) is 24.6. The normalized spacial score (nSPS) is 22.5. The molecule has 0 radical (unpaired) electrons. The number of imide groups is 1. The molecule has 6 heterocycles. The third-order valence-electron chi connectivity index (χ3n) is 17.5. The molecule has 0 spiro atoms. The summed E-state index contributed by atoms with van der Waals surface area (Å²) in [6.45, 7) is 7.16. The van der Waals surface area contributed by atoms with Gasteiger partial charge in [0.2, 0.25) is 35.4 Å². The minimum atomic E-state index is -1.26. The number of rotatable bonds is 15. The fraction of sp³-hybridized carbons (Fsp3) is 0.475. The van der Waals surface area contributed by atoms with Crippen molar-refractivity contribution in [1.29, 1.82) is 0 Å². The number of anilines is 2. The lowest BCUT2D eigenvalue weighted by atomic mass is 9.81. The molecule has 81 heavy (non-hydrogen) atoms. The number of hydrogen-bond acceptors (Lipinski definition) is 13. The minimum absolute atomic E-state index is 0.0165. The van der Waals surface area contributed by atoms with Gasteiger partial charge in [0.1, 0.15) is 23.1 Å². The lowest BCUT2D eigenvalue weighted by Crippen LogP contribution is -2.58. The van der Waals surface area contributed by atoms with Crippen molar-refractivity contribution in [2.75, 3.05) is 89.3 Å². The highest BCUT2D eigenvalue weighted by Gasteiger charge is 2.46. The quantitative estimate of drug-likeness (QED) is 0.0611. The number of likely N-dealkylation sites (tertiary alicyclic amines) is 1. The maximum absolute atomic E-state index is 14.3. The molecule has 5 aliphatic heterocycles. The molecule has 1 aromatic heterocycles. The number of carbonyl (C=O) groups excluding carboxylic acids is 7. The smallest absolute Gasteiger partial charge is 0.264 e. The molecule has 1 unspecified atom stereocenters. The Bertz CT molecular complexity index is 3180. The molecule has 1 saturated carbocycles. The van der Waals surface area contributed by atoms with Crippen LogP contribution in [0, 0.1) is 17.8 Å². The van der Waals surface area contributed by atoms with Gasteiger partial charge in [-0.3, -0.25) is 43.8 Å². The Hall–Kier alpha value is -7.09. The number of piperidine rings is 3. The standard InChI is InChI=1S/C61H70ClN9O9S/c1-63-60(78)61(80-51-8-3-2-5-46(51)57-66-49-7-4-6-48(62)54(49)81-57)23-28-70(29-24-61)59(77)47-36-53(73)65-50-35-43(17-18-45(47)50)79-34-25-64-55(74)40-9-11-41(12-10-40)58(76)71-32-30-68(31-33-71)37-38-21-26-69(27-22-38)42-15-13-39(14-16-42)44-19-20-52(72)67-56(44)75/h2-8,13-18,35,38,40-41,44,47H,9-12,19-34,36-37H2,1H3,(H,63,78)(H,64,74)(H,65,73)(H,67,72,75)/t40?,41?,44?,47-/m0/s1. The summed E-state index contributed by atoms with van der Waals surface area (Å²) in [6.07, 6.45) is 6.28. The molecule has 11 rings (SSSR count). The third-order valence-corrected chi connectivity index (χ3v) is 19.1. The summed E-state index contributed by atoms with van der Waals surface area (Å²) in [5.74, 6) is -0.640. The molecule has 5 fully saturated rings. The van der Waals surface area contributed by atoms with Gasteiger partial charge in [0.15, 0.2) is 5.60 Å². The van der Waals surface area contributed by atoms with Crippen LogP contribution in [0.2, 0.25) is 5.02 Å². The fourth-order valence-corrected chi connectivity index (χ4v) is 14.1. The van der Waals surface area contributed by atoms with Crippen molar-refractivity contribution < 1.29 is 43.0 Å². The van der Waals surface area contributed by atoms with E-state index in [0.29, 0.717) is 77.2 Å². The van der Waals surface area contributed by atoms with Crippen LogP contribution in [-0.4, -0.2) is 146 Å². The van der Waals surface area contributed by atoms with Crippen molar-refractivity contribution in [3.63, 3.8) is 0 Å². The summed E-state index contributed by atoms with van der Waals surface area (Å²) < 4.78 is 13.6. The van der Waals surface area contributed by atoms with Crippen LogP contribution in [0.4, 0.5) is 11.4 Å². The summed E-state index contributed by atoms with van der Waals surface area (Å²) in [5.41, 5.74) is 3.54. The van der Waals surface area contributed by atoms with Crippen molar-refractivity contribution in [2.45, 2.75) is 88.1 Å². The maximum atomic E-state index is 14.3. The number of para-hydroxylation sites is 1. The van der Waals surface area contributed by atoms with Gasteiger partial charge in [0.25, 0.3) is 5.91 Å². The van der Waals surface area contributed by atoms with Crippen molar-refractivity contribution in [3.8, 4) is 22.1 Å². The summed E-state index contributed by atoms with van der Waals surface area (Å²) >= 11 is 7.94. The number of halogens is 1. The fourth-order valence-electron chi connectivity index (χ4n) is 12.8. The first-order valence-electron chi connectivity index (χ1n) is 28.7. The summed E-state index contributed by atoms with van der Waals surface area (Å²) in [6, 6.07) is 26.6. The molecular weight excluding hydrogens is 1070 g/mol. The van der Waals surface area contributed by atoms with Gasteiger partial charge in [-0.1, -0.05) is 48.0 Å². The number of benzene rings is 4. The lowest BCUT2D eigenvalue weighted by molar-refractivity contribution is -0.147. The molecule has 5 aromatic rings. The number of nitrogens with one attached hydrogen (secondary N) is 4. The Labute approximate surface area is 480 Å². The molecule has 1 aliphatic carbocycles. The minimum Gasteiger partial charge on any atom is -0.492 e. The van der Waals surface area contributed by atoms with Crippen molar-refractivity contribution >= 4 is 85.9 Å². The number of amides is 7. The van der Waals surface area contributed by atoms with E-state index in [1.807, 2.05) is 65.6 Å². The molecule has 6 aliphatic rings. The van der Waals surface area contributed by atoms with E-state index in [1.54, 1.807) is 24.1 Å². The van der Waals surface area contributed by atoms with Crippen LogP contribution in [0.3, 0.4) is 0 Å². The van der Waals surface area contributed by atoms with Crippen LogP contribution in [0.1, 0.15) is 93.6 Å². The highest BCUT2D eigenvalue weighted by atomic mass is 35.5. The zero-order valence-corrected chi connectivity index (χ0v) is 47.3. The number of carbonyl (C=O) groups is 7. The van der Waals surface area contributed by atoms with Crippen molar-refractivity contribution in [1.82, 2.24) is 35.6 Å². The first kappa shape index (κ1) is 55.8. The molecule has 2 atom stereocenters. The molecule has 4 N–H and O–H groups in total. The average molecular weight is 1140 g/mol. The van der Waals surface area contributed by atoms with Gasteiger partial charge in [0, 0.05) is 121 Å². The van der Waals surface area contributed by atoms with Gasteiger partial charge in [0.05, 0.1) is 39.2 Å². The molecule has 7 amide bonds. The number of nitrogens with zero attached hydrogens (tertiary/aromatic N) is 5. The Kier molecular flexibility index (Phi) is 16.9. The first-order valence-corrected chi connectivity index (χ1v) is 29.9. The highest BCUT2D eigenvalue weighted by molar-refractivity contribution is 7.22.